The lowest BCUT2D eigenvalue weighted by Crippen LogP contribution is -2.00. The Morgan fingerprint density at radius 3 is 2.68 bits per heavy atom. The molecule has 2 aromatic carbocycles. The summed E-state index contributed by atoms with van der Waals surface area (Å²) in [5, 5.41) is 11.1. The van der Waals surface area contributed by atoms with Crippen molar-refractivity contribution in [3.05, 3.63) is 42.0 Å². The highest BCUT2D eigenvalue weighted by molar-refractivity contribution is 7.99. The third-order valence-corrected chi connectivity index (χ3v) is 3.87. The number of thioether (sulfide) groups is 1. The van der Waals surface area contributed by atoms with Crippen LogP contribution >= 0.6 is 11.8 Å². The van der Waals surface area contributed by atoms with Gasteiger partial charge in [0.05, 0.1) is 25.2 Å². The molecule has 2 aromatic rings. The first kappa shape index (κ1) is 13.4. The number of fused-ring (bicyclic) bond motifs is 1. The van der Waals surface area contributed by atoms with Gasteiger partial charge in [-0.15, -0.1) is 11.8 Å². The second-order valence-electron chi connectivity index (χ2n) is 3.94. The van der Waals surface area contributed by atoms with Crippen molar-refractivity contribution < 1.29 is 9.53 Å². The van der Waals surface area contributed by atoms with Crippen molar-refractivity contribution in [2.24, 2.45) is 0 Å². The quantitative estimate of drug-likeness (QED) is 0.632. The minimum Gasteiger partial charge on any atom is -0.469 e. The summed E-state index contributed by atoms with van der Waals surface area (Å²) < 4.78 is 4.62. The molecule has 4 heteroatoms. The summed E-state index contributed by atoms with van der Waals surface area (Å²) in [6.45, 7) is 0. The molecule has 0 bridgehead atoms. The van der Waals surface area contributed by atoms with Gasteiger partial charge >= 0.3 is 5.97 Å². The number of hydrogen-bond donors (Lipinski definition) is 0. The van der Waals surface area contributed by atoms with E-state index in [0.29, 0.717) is 17.7 Å². The maximum absolute atomic E-state index is 11.1. The van der Waals surface area contributed by atoms with Gasteiger partial charge in [-0.05, 0) is 17.5 Å². The van der Waals surface area contributed by atoms with Crippen LogP contribution in [0.15, 0.2) is 41.3 Å². The highest BCUT2D eigenvalue weighted by Gasteiger charge is 2.07. The molecule has 96 valence electrons. The molecule has 0 amide bonds. The minimum absolute atomic E-state index is 0.203. The predicted molar refractivity (Wildman–Crippen MR) is 76.0 cm³/mol. The van der Waals surface area contributed by atoms with Crippen LogP contribution in [0.1, 0.15) is 12.0 Å². The Kier molecular flexibility index (Phi) is 4.43. The molecule has 2 rings (SSSR count). The number of esters is 1. The van der Waals surface area contributed by atoms with Crippen molar-refractivity contribution in [2.45, 2.75) is 11.3 Å². The van der Waals surface area contributed by atoms with Gasteiger partial charge in [-0.1, -0.05) is 24.3 Å². The summed E-state index contributed by atoms with van der Waals surface area (Å²) in [4.78, 5) is 12.2. The number of carbonyl (C=O) groups is 1. The smallest absolute Gasteiger partial charge is 0.306 e. The first-order chi connectivity index (χ1) is 9.26. The summed E-state index contributed by atoms with van der Waals surface area (Å²) in [6.07, 6.45) is 0.384. The number of carbonyl (C=O) groups excluding carboxylic acids is 1. The fourth-order valence-electron chi connectivity index (χ4n) is 1.84. The van der Waals surface area contributed by atoms with Crippen LogP contribution in [0.2, 0.25) is 0 Å². The van der Waals surface area contributed by atoms with Crippen molar-refractivity contribution >= 4 is 28.5 Å². The summed E-state index contributed by atoms with van der Waals surface area (Å²) in [7, 11) is 1.39. The topological polar surface area (TPSA) is 50.1 Å². The molecule has 0 heterocycles. The lowest BCUT2D eigenvalue weighted by Gasteiger charge is -2.07. The Morgan fingerprint density at radius 1 is 1.26 bits per heavy atom. The second kappa shape index (κ2) is 6.26. The van der Waals surface area contributed by atoms with E-state index in [2.05, 4.69) is 10.8 Å². The van der Waals surface area contributed by atoms with Crippen LogP contribution in [0.5, 0.6) is 0 Å². The van der Waals surface area contributed by atoms with Gasteiger partial charge in [0.2, 0.25) is 0 Å². The Labute approximate surface area is 116 Å². The maximum Gasteiger partial charge on any atom is 0.306 e. The van der Waals surface area contributed by atoms with Gasteiger partial charge in [0.1, 0.15) is 0 Å². The molecular formula is C15H13NO2S. The number of nitrogens with zero attached hydrogens (tertiary/aromatic N) is 1. The van der Waals surface area contributed by atoms with Crippen LogP contribution in [-0.2, 0) is 9.53 Å². The average molecular weight is 271 g/mol. The molecular weight excluding hydrogens is 258 g/mol. The molecule has 0 fully saturated rings. The molecule has 0 saturated carbocycles. The van der Waals surface area contributed by atoms with Crippen LogP contribution in [-0.4, -0.2) is 18.8 Å². The zero-order valence-corrected chi connectivity index (χ0v) is 11.4. The van der Waals surface area contributed by atoms with E-state index in [1.165, 1.54) is 7.11 Å². The van der Waals surface area contributed by atoms with E-state index in [1.54, 1.807) is 11.8 Å². The van der Waals surface area contributed by atoms with Crippen molar-refractivity contribution in [3.8, 4) is 6.07 Å². The van der Waals surface area contributed by atoms with E-state index < -0.39 is 0 Å². The molecule has 0 aliphatic rings. The first-order valence-electron chi connectivity index (χ1n) is 5.87. The summed E-state index contributed by atoms with van der Waals surface area (Å²) >= 11 is 1.60. The van der Waals surface area contributed by atoms with E-state index in [0.717, 1.165) is 15.7 Å². The summed E-state index contributed by atoms with van der Waals surface area (Å²) in [5.74, 6) is 0.466. The standard InChI is InChI=1S/C15H13NO2S/c1-18-15(17)8-9-19-14-7-6-11(10-16)12-4-2-3-5-13(12)14/h2-7H,8-9H2,1H3. The van der Waals surface area contributed by atoms with E-state index in [9.17, 15) is 4.79 Å². The zero-order valence-electron chi connectivity index (χ0n) is 10.6. The fourth-order valence-corrected chi connectivity index (χ4v) is 2.83. The number of nitriles is 1. The first-order valence-corrected chi connectivity index (χ1v) is 6.86. The number of ether oxygens (including phenoxy) is 1. The van der Waals surface area contributed by atoms with Gasteiger partial charge in [-0.3, -0.25) is 4.79 Å². The van der Waals surface area contributed by atoms with Crippen molar-refractivity contribution in [1.82, 2.24) is 0 Å². The molecule has 0 radical (unpaired) electrons. The normalized spacial score (nSPS) is 10.1. The highest BCUT2D eigenvalue weighted by atomic mass is 32.2. The maximum atomic E-state index is 11.1. The van der Waals surface area contributed by atoms with E-state index in [-0.39, 0.29) is 5.97 Å². The highest BCUT2D eigenvalue weighted by Crippen LogP contribution is 2.30. The second-order valence-corrected chi connectivity index (χ2v) is 5.08. The van der Waals surface area contributed by atoms with Crippen LogP contribution in [0.25, 0.3) is 10.8 Å². The summed E-state index contributed by atoms with van der Waals surface area (Å²) in [6, 6.07) is 13.8. The van der Waals surface area contributed by atoms with Crippen LogP contribution in [0.3, 0.4) is 0 Å². The predicted octanol–water partition coefficient (Wildman–Crippen LogP) is 3.37. The van der Waals surface area contributed by atoms with Crippen molar-refractivity contribution in [3.63, 3.8) is 0 Å². The Balaban J connectivity index is 2.25. The fraction of sp³-hybridized carbons (Fsp3) is 0.200. The summed E-state index contributed by atoms with van der Waals surface area (Å²) in [5.41, 5.74) is 0.674. The van der Waals surface area contributed by atoms with Crippen LogP contribution in [0.4, 0.5) is 0 Å². The Bertz CT molecular complexity index is 646. The third kappa shape index (κ3) is 3.07. The lowest BCUT2D eigenvalue weighted by molar-refractivity contribution is -0.140. The molecule has 19 heavy (non-hydrogen) atoms. The van der Waals surface area contributed by atoms with E-state index >= 15 is 0 Å². The molecule has 0 atom stereocenters. The van der Waals surface area contributed by atoms with Gasteiger partial charge < -0.3 is 4.74 Å². The Morgan fingerprint density at radius 2 is 2.00 bits per heavy atom. The van der Waals surface area contributed by atoms with Crippen LogP contribution in [0, 0.1) is 11.3 Å². The zero-order chi connectivity index (χ0) is 13.7. The molecule has 0 aliphatic carbocycles. The lowest BCUT2D eigenvalue weighted by atomic mass is 10.1. The molecule has 0 unspecified atom stereocenters. The monoisotopic (exact) mass is 271 g/mol. The van der Waals surface area contributed by atoms with Gasteiger partial charge in [-0.25, -0.2) is 0 Å². The van der Waals surface area contributed by atoms with Gasteiger partial charge in [0, 0.05) is 16.0 Å². The average Bonchev–Trinajstić information content (AvgIpc) is 2.47. The number of methoxy groups -OCH3 is 1. The van der Waals surface area contributed by atoms with E-state index in [4.69, 9.17) is 5.26 Å². The largest absolute Gasteiger partial charge is 0.469 e. The molecule has 0 N–H and O–H groups in total. The molecule has 0 saturated heterocycles. The van der Waals surface area contributed by atoms with Gasteiger partial charge in [-0.2, -0.15) is 5.26 Å². The molecule has 0 spiro atoms. The van der Waals surface area contributed by atoms with Crippen molar-refractivity contribution in [2.75, 3.05) is 12.9 Å². The molecule has 0 aliphatic heterocycles. The Hall–Kier alpha value is -1.99. The molecule has 3 nitrogen and oxygen atoms in total. The van der Waals surface area contributed by atoms with Gasteiger partial charge in [0.15, 0.2) is 0 Å². The minimum atomic E-state index is -0.203. The van der Waals surface area contributed by atoms with Crippen molar-refractivity contribution in [1.29, 1.82) is 5.26 Å². The van der Waals surface area contributed by atoms with Crippen LogP contribution < -0.4 is 0 Å². The number of hydrogen-bond acceptors (Lipinski definition) is 4. The number of benzene rings is 2. The SMILES string of the molecule is COC(=O)CCSc1ccc(C#N)c2ccccc12. The molecule has 0 aromatic heterocycles. The third-order valence-electron chi connectivity index (χ3n) is 2.80. The van der Waals surface area contributed by atoms with Gasteiger partial charge in [0.25, 0.3) is 0 Å². The number of rotatable bonds is 4. The van der Waals surface area contributed by atoms with E-state index in [1.807, 2.05) is 36.4 Å².